The fraction of sp³-hybridized carbons (Fsp3) is 0.444. The Morgan fingerprint density at radius 2 is 1.96 bits per heavy atom. The van der Waals surface area contributed by atoms with Gasteiger partial charge in [-0.15, -0.1) is 11.3 Å². The van der Waals surface area contributed by atoms with Gasteiger partial charge < -0.3 is 4.42 Å². The second-order valence-corrected chi connectivity index (χ2v) is 10.9. The van der Waals surface area contributed by atoms with Gasteiger partial charge >= 0.3 is 0 Å². The van der Waals surface area contributed by atoms with E-state index in [4.69, 9.17) is 4.42 Å². The van der Waals surface area contributed by atoms with Crippen LogP contribution in [0, 0.1) is 13.8 Å². The minimum atomic E-state index is -3.56. The van der Waals surface area contributed by atoms with Crippen LogP contribution in [0.15, 0.2) is 31.6 Å². The molecule has 1 aliphatic rings. The third-order valence-electron chi connectivity index (χ3n) is 5.01. The predicted molar refractivity (Wildman–Crippen MR) is 111 cm³/mol. The third kappa shape index (κ3) is 3.32. The maximum Gasteiger partial charge on any atom is 0.276 e. The molecule has 3 aromatic rings. The highest BCUT2D eigenvalue weighted by Gasteiger charge is 2.30. The standard InChI is InChI=1S/C18H21N3O4S3/c1-11-12(2)27-16-15(11)17(22)20(3)18(19-16)26-10-13-6-7-14(25-13)28(23,24)21-8-4-5-9-21/h6-7H,4-5,8-10H2,1-3H3. The lowest BCUT2D eigenvalue weighted by Gasteiger charge is -2.12. The van der Waals surface area contributed by atoms with E-state index in [-0.39, 0.29) is 10.7 Å². The van der Waals surface area contributed by atoms with E-state index < -0.39 is 10.0 Å². The van der Waals surface area contributed by atoms with Crippen LogP contribution in [-0.4, -0.2) is 35.4 Å². The Balaban J connectivity index is 1.56. The van der Waals surface area contributed by atoms with Gasteiger partial charge in [-0.05, 0) is 44.4 Å². The van der Waals surface area contributed by atoms with Crippen molar-refractivity contribution in [2.75, 3.05) is 13.1 Å². The Bertz CT molecular complexity index is 1200. The zero-order valence-corrected chi connectivity index (χ0v) is 18.3. The van der Waals surface area contributed by atoms with Gasteiger partial charge in [-0.1, -0.05) is 11.8 Å². The number of furan rings is 1. The van der Waals surface area contributed by atoms with Crippen molar-refractivity contribution in [2.45, 2.75) is 42.7 Å². The van der Waals surface area contributed by atoms with Crippen LogP contribution in [0.1, 0.15) is 29.0 Å². The normalized spacial score (nSPS) is 15.7. The highest BCUT2D eigenvalue weighted by Crippen LogP contribution is 2.30. The molecule has 1 fully saturated rings. The van der Waals surface area contributed by atoms with Crippen LogP contribution in [0.3, 0.4) is 0 Å². The second-order valence-electron chi connectivity index (χ2n) is 6.84. The molecule has 0 atom stereocenters. The highest BCUT2D eigenvalue weighted by atomic mass is 32.2. The summed E-state index contributed by atoms with van der Waals surface area (Å²) in [5, 5.41) is 1.23. The Labute approximate surface area is 171 Å². The average molecular weight is 440 g/mol. The molecule has 10 heteroatoms. The smallest absolute Gasteiger partial charge is 0.276 e. The van der Waals surface area contributed by atoms with E-state index in [1.54, 1.807) is 13.1 Å². The summed E-state index contributed by atoms with van der Waals surface area (Å²) in [4.78, 5) is 19.1. The average Bonchev–Trinajstić information content (AvgIpc) is 3.39. The van der Waals surface area contributed by atoms with E-state index in [9.17, 15) is 13.2 Å². The molecule has 0 aromatic carbocycles. The first-order valence-electron chi connectivity index (χ1n) is 8.97. The molecular weight excluding hydrogens is 418 g/mol. The van der Waals surface area contributed by atoms with Crippen molar-refractivity contribution < 1.29 is 12.8 Å². The molecule has 0 aliphatic carbocycles. The van der Waals surface area contributed by atoms with E-state index in [2.05, 4.69) is 4.98 Å². The number of aromatic nitrogens is 2. The summed E-state index contributed by atoms with van der Waals surface area (Å²) >= 11 is 2.87. The number of thiophene rings is 1. The number of nitrogens with zero attached hydrogens (tertiary/aromatic N) is 3. The molecule has 4 heterocycles. The maximum atomic E-state index is 12.7. The lowest BCUT2D eigenvalue weighted by molar-refractivity contribution is 0.397. The van der Waals surface area contributed by atoms with Crippen molar-refractivity contribution in [1.29, 1.82) is 0 Å². The first-order valence-corrected chi connectivity index (χ1v) is 12.2. The summed E-state index contributed by atoms with van der Waals surface area (Å²) in [5.41, 5.74) is 0.915. The topological polar surface area (TPSA) is 85.4 Å². The van der Waals surface area contributed by atoms with Crippen molar-refractivity contribution in [2.24, 2.45) is 7.05 Å². The molecule has 0 radical (unpaired) electrons. The monoisotopic (exact) mass is 439 g/mol. The number of hydrogen-bond donors (Lipinski definition) is 0. The van der Waals surface area contributed by atoms with Gasteiger partial charge in [0, 0.05) is 25.0 Å². The van der Waals surface area contributed by atoms with E-state index in [0.717, 1.165) is 28.1 Å². The molecule has 150 valence electrons. The molecule has 4 rings (SSSR count). The van der Waals surface area contributed by atoms with Crippen LogP contribution in [-0.2, 0) is 22.8 Å². The first-order chi connectivity index (χ1) is 13.3. The SMILES string of the molecule is Cc1sc2nc(SCc3ccc(S(=O)(=O)N4CCCC4)o3)n(C)c(=O)c2c1C. The summed E-state index contributed by atoms with van der Waals surface area (Å²) in [5.74, 6) is 0.931. The van der Waals surface area contributed by atoms with Gasteiger partial charge in [0.2, 0.25) is 5.09 Å². The minimum absolute atomic E-state index is 0.0215. The third-order valence-corrected chi connectivity index (χ3v) is 8.94. The van der Waals surface area contributed by atoms with Crippen LogP contribution >= 0.6 is 23.1 Å². The molecular formula is C18H21N3O4S3. The van der Waals surface area contributed by atoms with Gasteiger partial charge in [0.1, 0.15) is 10.6 Å². The van der Waals surface area contributed by atoms with Gasteiger partial charge in [-0.3, -0.25) is 9.36 Å². The van der Waals surface area contributed by atoms with Gasteiger partial charge in [0.05, 0.1) is 11.1 Å². The number of hydrogen-bond acceptors (Lipinski definition) is 7. The Morgan fingerprint density at radius 3 is 2.68 bits per heavy atom. The largest absolute Gasteiger partial charge is 0.447 e. The van der Waals surface area contributed by atoms with Crippen LogP contribution in [0.5, 0.6) is 0 Å². The van der Waals surface area contributed by atoms with E-state index >= 15 is 0 Å². The number of rotatable bonds is 5. The summed E-state index contributed by atoms with van der Waals surface area (Å²) in [7, 11) is -1.85. The highest BCUT2D eigenvalue weighted by molar-refractivity contribution is 7.98. The molecule has 0 saturated carbocycles. The summed E-state index contributed by atoms with van der Waals surface area (Å²) in [6.07, 6.45) is 1.76. The van der Waals surface area contributed by atoms with E-state index in [0.29, 0.717) is 35.1 Å². The summed E-state index contributed by atoms with van der Waals surface area (Å²) < 4.78 is 33.7. The Hall–Kier alpha value is -1.62. The molecule has 1 aliphatic heterocycles. The van der Waals surface area contributed by atoms with Crippen molar-refractivity contribution in [3.8, 4) is 0 Å². The second kappa shape index (κ2) is 7.33. The van der Waals surface area contributed by atoms with Gasteiger partial charge in [0.25, 0.3) is 15.6 Å². The molecule has 0 spiro atoms. The predicted octanol–water partition coefficient (Wildman–Crippen LogP) is 3.28. The van der Waals surface area contributed by atoms with E-state index in [1.165, 1.54) is 38.0 Å². The molecule has 0 unspecified atom stereocenters. The number of aryl methyl sites for hydroxylation is 2. The maximum absolute atomic E-state index is 12.7. The van der Waals surface area contributed by atoms with Crippen LogP contribution in [0.25, 0.3) is 10.2 Å². The number of thioether (sulfide) groups is 1. The number of fused-ring (bicyclic) bond motifs is 1. The minimum Gasteiger partial charge on any atom is -0.447 e. The van der Waals surface area contributed by atoms with Crippen molar-refractivity contribution in [1.82, 2.24) is 13.9 Å². The quantitative estimate of drug-likeness (QED) is 0.448. The van der Waals surface area contributed by atoms with Crippen LogP contribution < -0.4 is 5.56 Å². The Morgan fingerprint density at radius 1 is 1.25 bits per heavy atom. The van der Waals surface area contributed by atoms with Crippen LogP contribution in [0.2, 0.25) is 0 Å². The van der Waals surface area contributed by atoms with Gasteiger partial charge in [0.15, 0.2) is 5.16 Å². The molecule has 0 N–H and O–H groups in total. The molecule has 0 amide bonds. The van der Waals surface area contributed by atoms with Crippen molar-refractivity contribution in [3.63, 3.8) is 0 Å². The first kappa shape index (κ1) is 19.7. The fourth-order valence-electron chi connectivity index (χ4n) is 3.25. The lowest BCUT2D eigenvalue weighted by atomic mass is 10.2. The van der Waals surface area contributed by atoms with Crippen molar-refractivity contribution in [3.05, 3.63) is 38.7 Å². The zero-order chi connectivity index (χ0) is 20.1. The Kier molecular flexibility index (Phi) is 5.15. The van der Waals surface area contributed by atoms with Crippen molar-refractivity contribution >= 4 is 43.3 Å². The zero-order valence-electron chi connectivity index (χ0n) is 15.9. The fourth-order valence-corrected chi connectivity index (χ4v) is 6.63. The van der Waals surface area contributed by atoms with Gasteiger partial charge in [-0.2, -0.15) is 4.31 Å². The molecule has 0 bridgehead atoms. The lowest BCUT2D eigenvalue weighted by Crippen LogP contribution is -2.27. The molecule has 1 saturated heterocycles. The summed E-state index contributed by atoms with van der Waals surface area (Å²) in [6, 6.07) is 3.18. The summed E-state index contributed by atoms with van der Waals surface area (Å²) in [6.45, 7) is 5.01. The van der Waals surface area contributed by atoms with Crippen LogP contribution in [0.4, 0.5) is 0 Å². The molecule has 7 nitrogen and oxygen atoms in total. The molecule has 3 aromatic heterocycles. The number of sulfonamides is 1. The van der Waals surface area contributed by atoms with Gasteiger partial charge in [-0.25, -0.2) is 13.4 Å². The molecule has 28 heavy (non-hydrogen) atoms. The van der Waals surface area contributed by atoms with E-state index in [1.807, 2.05) is 13.8 Å².